The van der Waals surface area contributed by atoms with Gasteiger partial charge in [0.05, 0.1) is 0 Å². The minimum atomic E-state index is -0.477. The van der Waals surface area contributed by atoms with Crippen LogP contribution in [0.4, 0.5) is 0 Å². The molecular weight excluding hydrogens is 300 g/mol. The average Bonchev–Trinajstić information content (AvgIpc) is 2.72. The molecule has 0 heterocycles. The van der Waals surface area contributed by atoms with Gasteiger partial charge in [-0.3, -0.25) is 4.79 Å². The van der Waals surface area contributed by atoms with E-state index in [2.05, 4.69) is 0 Å². The van der Waals surface area contributed by atoms with Crippen molar-refractivity contribution in [3.8, 4) is 5.75 Å². The zero-order valence-corrected chi connectivity index (χ0v) is 14.4. The molecule has 1 N–H and O–H groups in total. The summed E-state index contributed by atoms with van der Waals surface area (Å²) in [5, 5.41) is 10.3. The van der Waals surface area contributed by atoms with Gasteiger partial charge in [-0.05, 0) is 30.0 Å². The van der Waals surface area contributed by atoms with E-state index in [1.807, 2.05) is 69.3 Å². The molecule has 0 saturated carbocycles. The van der Waals surface area contributed by atoms with Gasteiger partial charge in [0.1, 0.15) is 6.10 Å². The SMILES string of the molecule is CCOC(/C=C/c1ccccc1)c1ccc(C(C)C)cc(=O)c1O. The number of hydrogen-bond donors (Lipinski definition) is 1. The summed E-state index contributed by atoms with van der Waals surface area (Å²) in [6, 6.07) is 15.0. The molecule has 0 saturated heterocycles. The van der Waals surface area contributed by atoms with Crippen molar-refractivity contribution < 1.29 is 9.84 Å². The summed E-state index contributed by atoms with van der Waals surface area (Å²) in [6.45, 7) is 6.40. The van der Waals surface area contributed by atoms with E-state index in [4.69, 9.17) is 4.74 Å². The third-order valence-corrected chi connectivity index (χ3v) is 3.84. The van der Waals surface area contributed by atoms with Crippen LogP contribution in [0.15, 0.2) is 59.4 Å². The minimum absolute atomic E-state index is 0.211. The Labute approximate surface area is 143 Å². The largest absolute Gasteiger partial charge is 0.504 e. The second-order valence-electron chi connectivity index (χ2n) is 5.95. The maximum Gasteiger partial charge on any atom is 0.220 e. The van der Waals surface area contributed by atoms with E-state index in [-0.39, 0.29) is 17.1 Å². The van der Waals surface area contributed by atoms with Crippen LogP contribution >= 0.6 is 0 Å². The predicted octanol–water partition coefficient (Wildman–Crippen LogP) is 4.67. The van der Waals surface area contributed by atoms with Crippen molar-refractivity contribution in [1.82, 2.24) is 0 Å². The molecule has 0 spiro atoms. The van der Waals surface area contributed by atoms with E-state index in [0.717, 1.165) is 11.1 Å². The van der Waals surface area contributed by atoms with E-state index in [1.165, 1.54) is 6.07 Å². The highest BCUT2D eigenvalue weighted by atomic mass is 16.5. The van der Waals surface area contributed by atoms with Gasteiger partial charge in [0, 0.05) is 12.2 Å². The van der Waals surface area contributed by atoms with Gasteiger partial charge in [-0.25, -0.2) is 0 Å². The summed E-state index contributed by atoms with van der Waals surface area (Å²) in [6.07, 6.45) is 3.32. The highest BCUT2D eigenvalue weighted by Crippen LogP contribution is 2.27. The van der Waals surface area contributed by atoms with E-state index >= 15 is 0 Å². The quantitative estimate of drug-likeness (QED) is 0.840. The predicted molar refractivity (Wildman–Crippen MR) is 98.3 cm³/mol. The van der Waals surface area contributed by atoms with E-state index in [9.17, 15) is 9.90 Å². The summed E-state index contributed by atoms with van der Waals surface area (Å²) in [7, 11) is 0. The van der Waals surface area contributed by atoms with Gasteiger partial charge < -0.3 is 9.84 Å². The summed E-state index contributed by atoms with van der Waals surface area (Å²) in [4.78, 5) is 12.2. The summed E-state index contributed by atoms with van der Waals surface area (Å²) in [5.74, 6) is -0.0409. The number of hydrogen-bond acceptors (Lipinski definition) is 3. The van der Waals surface area contributed by atoms with Gasteiger partial charge in [0.2, 0.25) is 5.43 Å². The lowest BCUT2D eigenvalue weighted by Gasteiger charge is -2.13. The average molecular weight is 324 g/mol. The minimum Gasteiger partial charge on any atom is -0.504 e. The molecule has 2 aromatic rings. The van der Waals surface area contributed by atoms with Gasteiger partial charge in [-0.1, -0.05) is 68.5 Å². The van der Waals surface area contributed by atoms with E-state index in [0.29, 0.717) is 12.2 Å². The lowest BCUT2D eigenvalue weighted by atomic mass is 10.1. The number of ether oxygens (including phenoxy) is 1. The van der Waals surface area contributed by atoms with Crippen LogP contribution in [0.1, 0.15) is 49.5 Å². The fourth-order valence-electron chi connectivity index (χ4n) is 2.45. The first-order valence-electron chi connectivity index (χ1n) is 8.25. The van der Waals surface area contributed by atoms with Crippen LogP contribution in [0.3, 0.4) is 0 Å². The van der Waals surface area contributed by atoms with Crippen molar-refractivity contribution >= 4 is 6.08 Å². The number of rotatable bonds is 6. The van der Waals surface area contributed by atoms with Gasteiger partial charge in [0.15, 0.2) is 5.75 Å². The second-order valence-corrected chi connectivity index (χ2v) is 5.95. The standard InChI is InChI=1S/C21H24O3/c1-4-24-20(13-10-16-8-6-5-7-9-16)18-12-11-17(15(2)3)14-19(22)21(18)23/h5-15,20H,4H2,1-3H3,(H,22,23)/b13-10+. The molecule has 2 aromatic carbocycles. The lowest BCUT2D eigenvalue weighted by Crippen LogP contribution is -2.05. The first kappa shape index (κ1) is 18.0. The Kier molecular flexibility index (Phi) is 6.33. The molecule has 0 amide bonds. The molecule has 1 atom stereocenters. The topological polar surface area (TPSA) is 46.5 Å². The highest BCUT2D eigenvalue weighted by molar-refractivity contribution is 5.51. The van der Waals surface area contributed by atoms with Crippen molar-refractivity contribution in [2.24, 2.45) is 0 Å². The molecule has 0 aliphatic rings. The third-order valence-electron chi connectivity index (χ3n) is 3.84. The van der Waals surface area contributed by atoms with Gasteiger partial charge in [0.25, 0.3) is 0 Å². The maximum atomic E-state index is 12.2. The van der Waals surface area contributed by atoms with Crippen LogP contribution in [0.2, 0.25) is 0 Å². The lowest BCUT2D eigenvalue weighted by molar-refractivity contribution is 0.0955. The zero-order valence-electron chi connectivity index (χ0n) is 14.4. The van der Waals surface area contributed by atoms with Crippen LogP contribution < -0.4 is 5.43 Å². The van der Waals surface area contributed by atoms with E-state index < -0.39 is 6.10 Å². The molecule has 24 heavy (non-hydrogen) atoms. The summed E-state index contributed by atoms with van der Waals surface area (Å²) >= 11 is 0. The molecule has 3 nitrogen and oxygen atoms in total. The molecule has 0 radical (unpaired) electrons. The molecule has 0 aliphatic heterocycles. The Hall–Kier alpha value is -2.39. The first-order valence-corrected chi connectivity index (χ1v) is 8.25. The fraction of sp³-hybridized carbons (Fsp3) is 0.286. The van der Waals surface area contributed by atoms with Crippen LogP contribution in [0.5, 0.6) is 5.75 Å². The Morgan fingerprint density at radius 1 is 1.12 bits per heavy atom. The third kappa shape index (κ3) is 4.56. The van der Waals surface area contributed by atoms with Crippen molar-refractivity contribution in [2.75, 3.05) is 6.61 Å². The maximum absolute atomic E-state index is 12.2. The number of aromatic hydroxyl groups is 1. The van der Waals surface area contributed by atoms with Crippen molar-refractivity contribution in [1.29, 1.82) is 0 Å². The second kappa shape index (κ2) is 8.46. The molecule has 0 bridgehead atoms. The smallest absolute Gasteiger partial charge is 0.220 e. The van der Waals surface area contributed by atoms with Crippen molar-refractivity contribution in [3.05, 3.63) is 81.5 Å². The molecule has 3 heteroatoms. The number of benzene rings is 1. The van der Waals surface area contributed by atoms with Crippen LogP contribution in [0, 0.1) is 0 Å². The Balaban J connectivity index is 2.44. The normalized spacial score (nSPS) is 12.7. The zero-order chi connectivity index (χ0) is 17.5. The van der Waals surface area contributed by atoms with Gasteiger partial charge >= 0.3 is 0 Å². The van der Waals surface area contributed by atoms with Crippen LogP contribution in [-0.2, 0) is 4.74 Å². The summed E-state index contributed by atoms with van der Waals surface area (Å²) < 4.78 is 5.74. The molecule has 0 aliphatic carbocycles. The van der Waals surface area contributed by atoms with Crippen molar-refractivity contribution in [2.45, 2.75) is 32.8 Å². The fourth-order valence-corrected chi connectivity index (χ4v) is 2.45. The molecular formula is C21H24O3. The van der Waals surface area contributed by atoms with Crippen LogP contribution in [-0.4, -0.2) is 11.7 Å². The monoisotopic (exact) mass is 324 g/mol. The van der Waals surface area contributed by atoms with Crippen molar-refractivity contribution in [3.63, 3.8) is 0 Å². The van der Waals surface area contributed by atoms with Gasteiger partial charge in [-0.15, -0.1) is 0 Å². The Morgan fingerprint density at radius 3 is 2.46 bits per heavy atom. The molecule has 126 valence electrons. The van der Waals surface area contributed by atoms with Gasteiger partial charge in [-0.2, -0.15) is 0 Å². The molecule has 1 unspecified atom stereocenters. The molecule has 0 aromatic heterocycles. The first-order chi connectivity index (χ1) is 11.5. The molecule has 2 rings (SSSR count). The Bertz CT molecular complexity index is 749. The highest BCUT2D eigenvalue weighted by Gasteiger charge is 2.15. The van der Waals surface area contributed by atoms with E-state index in [1.54, 1.807) is 6.07 Å². The Morgan fingerprint density at radius 2 is 1.83 bits per heavy atom. The summed E-state index contributed by atoms with van der Waals surface area (Å²) in [5.41, 5.74) is 2.04. The molecule has 0 fully saturated rings. The van der Waals surface area contributed by atoms with Crippen LogP contribution in [0.25, 0.3) is 6.08 Å².